The number of para-hydroxylation sites is 1. The van der Waals surface area contributed by atoms with Gasteiger partial charge in [0.1, 0.15) is 5.82 Å². The highest BCUT2D eigenvalue weighted by Crippen LogP contribution is 2.27. The first-order valence-electron chi connectivity index (χ1n) is 7.36. The summed E-state index contributed by atoms with van der Waals surface area (Å²) in [5, 5.41) is 0.529. The van der Waals surface area contributed by atoms with E-state index in [9.17, 15) is 14.0 Å². The summed E-state index contributed by atoms with van der Waals surface area (Å²) in [6.45, 7) is 1.73. The van der Waals surface area contributed by atoms with Crippen molar-refractivity contribution in [2.45, 2.75) is 6.92 Å². The van der Waals surface area contributed by atoms with Gasteiger partial charge in [-0.05, 0) is 42.8 Å². The van der Waals surface area contributed by atoms with E-state index in [1.807, 2.05) is 0 Å². The first kappa shape index (κ1) is 17.4. The molecule has 25 heavy (non-hydrogen) atoms. The summed E-state index contributed by atoms with van der Waals surface area (Å²) in [4.78, 5) is 24.8. The summed E-state index contributed by atoms with van der Waals surface area (Å²) in [7, 11) is 0. The smallest absolute Gasteiger partial charge is 0.255 e. The highest BCUT2D eigenvalue weighted by molar-refractivity contribution is 6.37. The summed E-state index contributed by atoms with van der Waals surface area (Å²) in [6.07, 6.45) is 1.32. The van der Waals surface area contributed by atoms with Crippen LogP contribution in [-0.4, -0.2) is 10.4 Å². The second-order valence-electron chi connectivity index (χ2n) is 5.51. The minimum absolute atomic E-state index is 0.0685. The third-order valence-corrected chi connectivity index (χ3v) is 4.33. The quantitative estimate of drug-likeness (QED) is 0.615. The Morgan fingerprint density at radius 2 is 1.72 bits per heavy atom. The molecular weight excluding hydrogens is 364 g/mol. The van der Waals surface area contributed by atoms with E-state index in [0.717, 1.165) is 0 Å². The topological polar surface area (TPSA) is 39.1 Å². The van der Waals surface area contributed by atoms with Crippen LogP contribution in [0.3, 0.4) is 0 Å². The molecule has 0 spiro atoms. The predicted molar refractivity (Wildman–Crippen MR) is 96.6 cm³/mol. The number of aromatic nitrogens is 1. The molecule has 0 saturated carbocycles. The van der Waals surface area contributed by atoms with Crippen LogP contribution in [0.25, 0.3) is 5.69 Å². The molecule has 0 saturated heterocycles. The minimum Gasteiger partial charge on any atom is -0.288 e. The summed E-state index contributed by atoms with van der Waals surface area (Å²) < 4.78 is 15.3. The first-order chi connectivity index (χ1) is 11.9. The number of carbonyl (C=O) groups is 1. The number of pyridine rings is 1. The van der Waals surface area contributed by atoms with Crippen LogP contribution in [0.1, 0.15) is 21.5 Å². The maximum Gasteiger partial charge on any atom is 0.255 e. The molecule has 6 heteroatoms. The number of nitrogens with zero attached hydrogens (tertiary/aromatic N) is 1. The third-order valence-electron chi connectivity index (χ3n) is 3.72. The Labute approximate surface area is 153 Å². The molecule has 126 valence electrons. The van der Waals surface area contributed by atoms with Crippen molar-refractivity contribution >= 4 is 29.0 Å². The van der Waals surface area contributed by atoms with Crippen molar-refractivity contribution in [3.05, 3.63) is 97.6 Å². The van der Waals surface area contributed by atoms with Crippen molar-refractivity contribution in [3.63, 3.8) is 0 Å². The molecular formula is C19H12Cl2FNO2. The van der Waals surface area contributed by atoms with Crippen LogP contribution in [-0.2, 0) is 0 Å². The number of carbonyl (C=O) groups excluding carboxylic acids is 1. The maximum absolute atomic E-state index is 14.1. The molecule has 1 aromatic heterocycles. The van der Waals surface area contributed by atoms with Crippen molar-refractivity contribution in [2.75, 3.05) is 0 Å². The van der Waals surface area contributed by atoms with Crippen molar-refractivity contribution in [3.8, 4) is 5.69 Å². The Morgan fingerprint density at radius 3 is 2.36 bits per heavy atom. The lowest BCUT2D eigenvalue weighted by atomic mass is 10.0. The maximum atomic E-state index is 14.1. The molecule has 0 bridgehead atoms. The zero-order chi connectivity index (χ0) is 18.1. The van der Waals surface area contributed by atoms with E-state index in [0.29, 0.717) is 5.56 Å². The first-order valence-corrected chi connectivity index (χ1v) is 8.12. The largest absolute Gasteiger partial charge is 0.288 e. The fourth-order valence-electron chi connectivity index (χ4n) is 2.48. The van der Waals surface area contributed by atoms with Crippen LogP contribution in [0.4, 0.5) is 4.39 Å². The van der Waals surface area contributed by atoms with E-state index in [1.165, 1.54) is 35.0 Å². The lowest BCUT2D eigenvalue weighted by Crippen LogP contribution is -2.19. The Balaban J connectivity index is 2.14. The molecule has 2 aromatic carbocycles. The highest BCUT2D eigenvalue weighted by atomic mass is 35.5. The van der Waals surface area contributed by atoms with Gasteiger partial charge in [-0.15, -0.1) is 0 Å². The summed E-state index contributed by atoms with van der Waals surface area (Å²) >= 11 is 12.3. The molecule has 3 aromatic rings. The molecule has 0 radical (unpaired) electrons. The van der Waals surface area contributed by atoms with Crippen molar-refractivity contribution in [2.24, 2.45) is 0 Å². The molecule has 0 unspecified atom stereocenters. The molecule has 0 fully saturated rings. The molecule has 0 aliphatic carbocycles. The van der Waals surface area contributed by atoms with Gasteiger partial charge in [0.2, 0.25) is 0 Å². The Hall–Kier alpha value is -2.43. The molecule has 0 amide bonds. The van der Waals surface area contributed by atoms with Gasteiger partial charge in [-0.1, -0.05) is 35.3 Å². The van der Waals surface area contributed by atoms with Gasteiger partial charge in [-0.3, -0.25) is 14.2 Å². The Bertz CT molecular complexity index is 1020. The van der Waals surface area contributed by atoms with E-state index in [4.69, 9.17) is 23.2 Å². The average molecular weight is 376 g/mol. The Kier molecular flexibility index (Phi) is 4.75. The normalized spacial score (nSPS) is 10.7. The third kappa shape index (κ3) is 3.36. The van der Waals surface area contributed by atoms with E-state index in [1.54, 1.807) is 31.2 Å². The van der Waals surface area contributed by atoms with Crippen LogP contribution in [0.5, 0.6) is 0 Å². The average Bonchev–Trinajstić information content (AvgIpc) is 2.56. The lowest BCUT2D eigenvalue weighted by molar-refractivity contribution is 0.103. The summed E-state index contributed by atoms with van der Waals surface area (Å²) in [6, 6.07) is 11.8. The molecule has 3 rings (SSSR count). The van der Waals surface area contributed by atoms with Crippen LogP contribution in [0.2, 0.25) is 10.0 Å². The number of rotatable bonds is 3. The second kappa shape index (κ2) is 6.82. The van der Waals surface area contributed by atoms with Crippen LogP contribution in [0.15, 0.2) is 59.5 Å². The van der Waals surface area contributed by atoms with Gasteiger partial charge in [-0.25, -0.2) is 4.39 Å². The molecule has 0 aliphatic heterocycles. The van der Waals surface area contributed by atoms with Gasteiger partial charge in [0, 0.05) is 17.8 Å². The summed E-state index contributed by atoms with van der Waals surface area (Å²) in [5.74, 6) is -1.15. The summed E-state index contributed by atoms with van der Waals surface area (Å²) in [5.41, 5.74) is 0.659. The van der Waals surface area contributed by atoms with Crippen LogP contribution < -0.4 is 5.56 Å². The van der Waals surface area contributed by atoms with E-state index < -0.39 is 17.2 Å². The second-order valence-corrected chi connectivity index (χ2v) is 6.32. The molecule has 0 aliphatic rings. The van der Waals surface area contributed by atoms with Gasteiger partial charge >= 0.3 is 0 Å². The van der Waals surface area contributed by atoms with Gasteiger partial charge in [0.25, 0.3) is 5.56 Å². The standard InChI is InChI=1S/C19H12Cl2FNO2/c1-11-5-7-13(16(22)9-11)19(25)12-6-8-17(24)23(10-12)18-14(20)3-2-4-15(18)21/h2-10H,1H3. The zero-order valence-electron chi connectivity index (χ0n) is 13.1. The number of hydrogen-bond donors (Lipinski definition) is 0. The van der Waals surface area contributed by atoms with Crippen LogP contribution >= 0.6 is 23.2 Å². The Morgan fingerprint density at radius 1 is 1.04 bits per heavy atom. The zero-order valence-corrected chi connectivity index (χ0v) is 14.6. The highest BCUT2D eigenvalue weighted by Gasteiger charge is 2.17. The molecule has 0 atom stereocenters. The fraction of sp³-hybridized carbons (Fsp3) is 0.0526. The minimum atomic E-state index is -0.612. The van der Waals surface area contributed by atoms with Crippen molar-refractivity contribution < 1.29 is 9.18 Å². The van der Waals surface area contributed by atoms with E-state index in [-0.39, 0.29) is 26.9 Å². The van der Waals surface area contributed by atoms with Gasteiger partial charge in [0.05, 0.1) is 21.3 Å². The number of aryl methyl sites for hydroxylation is 1. The van der Waals surface area contributed by atoms with Crippen molar-refractivity contribution in [1.29, 1.82) is 0 Å². The number of hydrogen-bond acceptors (Lipinski definition) is 2. The molecule has 1 heterocycles. The van der Waals surface area contributed by atoms with Gasteiger partial charge < -0.3 is 0 Å². The van der Waals surface area contributed by atoms with Gasteiger partial charge in [0.15, 0.2) is 5.78 Å². The SMILES string of the molecule is Cc1ccc(C(=O)c2ccc(=O)n(-c3c(Cl)cccc3Cl)c2)c(F)c1. The fourth-order valence-corrected chi connectivity index (χ4v) is 3.05. The van der Waals surface area contributed by atoms with Crippen LogP contribution in [0, 0.1) is 12.7 Å². The molecule has 3 nitrogen and oxygen atoms in total. The number of benzene rings is 2. The van der Waals surface area contributed by atoms with Gasteiger partial charge in [-0.2, -0.15) is 0 Å². The van der Waals surface area contributed by atoms with Crippen molar-refractivity contribution in [1.82, 2.24) is 4.57 Å². The van der Waals surface area contributed by atoms with E-state index >= 15 is 0 Å². The monoisotopic (exact) mass is 375 g/mol. The molecule has 0 N–H and O–H groups in total. The number of halogens is 3. The lowest BCUT2D eigenvalue weighted by Gasteiger charge is -2.11. The van der Waals surface area contributed by atoms with E-state index in [2.05, 4.69) is 0 Å². The number of ketones is 1. The predicted octanol–water partition coefficient (Wildman–Crippen LogP) is 4.82.